The number of nitrogens with zero attached hydrogens (tertiary/aromatic N) is 1. The number of hydrogen-bond acceptors (Lipinski definition) is 3. The standard InChI is InChI=1S/C15H23NO3/c1-3-15(4-2)12(17)10-13(18)16(14(15)19)11-8-6-5-7-9-11/h11H,3-10H2,1-2H3. The molecule has 0 aromatic heterocycles. The molecule has 4 heteroatoms. The molecule has 2 fully saturated rings. The van der Waals surface area contributed by atoms with Gasteiger partial charge in [-0.2, -0.15) is 0 Å². The number of Topliss-reactive ketones (excluding diaryl/α,β-unsaturated/α-hetero) is 1. The molecule has 2 amide bonds. The van der Waals surface area contributed by atoms with Crippen LogP contribution in [-0.4, -0.2) is 28.5 Å². The molecule has 0 aromatic carbocycles. The Morgan fingerprint density at radius 2 is 1.63 bits per heavy atom. The van der Waals surface area contributed by atoms with Crippen molar-refractivity contribution in [2.24, 2.45) is 5.41 Å². The lowest BCUT2D eigenvalue weighted by Gasteiger charge is -2.42. The van der Waals surface area contributed by atoms with E-state index in [0.717, 1.165) is 25.7 Å². The van der Waals surface area contributed by atoms with Gasteiger partial charge in [0.05, 0.1) is 6.42 Å². The lowest BCUT2D eigenvalue weighted by atomic mass is 9.72. The molecule has 1 saturated carbocycles. The second kappa shape index (κ2) is 5.43. The van der Waals surface area contributed by atoms with Crippen LogP contribution >= 0.6 is 0 Å². The highest BCUT2D eigenvalue weighted by atomic mass is 16.2. The fourth-order valence-electron chi connectivity index (χ4n) is 3.51. The highest BCUT2D eigenvalue weighted by molar-refractivity contribution is 6.21. The maximum atomic E-state index is 12.7. The van der Waals surface area contributed by atoms with Crippen molar-refractivity contribution in [3.63, 3.8) is 0 Å². The largest absolute Gasteiger partial charge is 0.298 e. The van der Waals surface area contributed by atoms with Gasteiger partial charge in [0.1, 0.15) is 5.41 Å². The van der Waals surface area contributed by atoms with E-state index in [4.69, 9.17) is 0 Å². The second-order valence-electron chi connectivity index (χ2n) is 5.75. The van der Waals surface area contributed by atoms with Crippen LogP contribution in [0.1, 0.15) is 65.2 Å². The molecule has 4 nitrogen and oxygen atoms in total. The highest BCUT2D eigenvalue weighted by Crippen LogP contribution is 2.38. The molecule has 0 aromatic rings. The number of hydrogen-bond donors (Lipinski definition) is 0. The summed E-state index contributed by atoms with van der Waals surface area (Å²) in [7, 11) is 0. The summed E-state index contributed by atoms with van der Waals surface area (Å²) >= 11 is 0. The minimum Gasteiger partial charge on any atom is -0.298 e. The van der Waals surface area contributed by atoms with Crippen molar-refractivity contribution in [1.29, 1.82) is 0 Å². The van der Waals surface area contributed by atoms with Gasteiger partial charge in [0.15, 0.2) is 5.78 Å². The van der Waals surface area contributed by atoms with Gasteiger partial charge in [0.2, 0.25) is 11.8 Å². The fourth-order valence-corrected chi connectivity index (χ4v) is 3.51. The van der Waals surface area contributed by atoms with E-state index < -0.39 is 5.41 Å². The molecule has 0 N–H and O–H groups in total. The average molecular weight is 265 g/mol. The number of carbonyl (C=O) groups excluding carboxylic acids is 3. The van der Waals surface area contributed by atoms with Gasteiger partial charge in [-0.05, 0) is 25.7 Å². The van der Waals surface area contributed by atoms with Gasteiger partial charge in [-0.3, -0.25) is 19.3 Å². The molecule has 1 aliphatic heterocycles. The first-order valence-electron chi connectivity index (χ1n) is 7.46. The summed E-state index contributed by atoms with van der Waals surface area (Å²) in [6, 6.07) is 0.0272. The highest BCUT2D eigenvalue weighted by Gasteiger charge is 2.52. The van der Waals surface area contributed by atoms with E-state index in [1.54, 1.807) is 0 Å². The zero-order chi connectivity index (χ0) is 14.0. The van der Waals surface area contributed by atoms with Gasteiger partial charge in [-0.1, -0.05) is 33.1 Å². The van der Waals surface area contributed by atoms with Crippen molar-refractivity contribution in [2.75, 3.05) is 0 Å². The van der Waals surface area contributed by atoms with Crippen LogP contribution in [0.3, 0.4) is 0 Å². The van der Waals surface area contributed by atoms with Crippen LogP contribution in [0.4, 0.5) is 0 Å². The van der Waals surface area contributed by atoms with Crippen LogP contribution in [0.5, 0.6) is 0 Å². The summed E-state index contributed by atoms with van der Waals surface area (Å²) in [5, 5.41) is 0. The molecule has 0 unspecified atom stereocenters. The first kappa shape index (κ1) is 14.2. The van der Waals surface area contributed by atoms with Crippen molar-refractivity contribution >= 4 is 17.6 Å². The minimum atomic E-state index is -0.939. The Labute approximate surface area is 114 Å². The molecule has 106 valence electrons. The van der Waals surface area contributed by atoms with Crippen LogP contribution < -0.4 is 0 Å². The van der Waals surface area contributed by atoms with Gasteiger partial charge in [0, 0.05) is 6.04 Å². The molecule has 0 atom stereocenters. The molecule has 1 saturated heterocycles. The van der Waals surface area contributed by atoms with Crippen molar-refractivity contribution in [3.05, 3.63) is 0 Å². The second-order valence-corrected chi connectivity index (χ2v) is 5.75. The summed E-state index contributed by atoms with van der Waals surface area (Å²) in [6.45, 7) is 3.74. The Morgan fingerprint density at radius 3 is 2.16 bits per heavy atom. The zero-order valence-corrected chi connectivity index (χ0v) is 11.9. The van der Waals surface area contributed by atoms with Crippen molar-refractivity contribution in [2.45, 2.75) is 71.3 Å². The molecular formula is C15H23NO3. The third kappa shape index (κ3) is 2.21. The summed E-state index contributed by atoms with van der Waals surface area (Å²) in [5.41, 5.74) is -0.939. The molecular weight excluding hydrogens is 242 g/mol. The van der Waals surface area contributed by atoms with E-state index in [1.807, 2.05) is 13.8 Å². The number of ketones is 1. The van der Waals surface area contributed by atoms with Crippen LogP contribution in [0.25, 0.3) is 0 Å². The Balaban J connectivity index is 2.29. The molecule has 1 aliphatic carbocycles. The van der Waals surface area contributed by atoms with E-state index in [1.165, 1.54) is 11.3 Å². The van der Waals surface area contributed by atoms with Gasteiger partial charge in [0.25, 0.3) is 0 Å². The summed E-state index contributed by atoms with van der Waals surface area (Å²) < 4.78 is 0. The predicted molar refractivity (Wildman–Crippen MR) is 71.4 cm³/mol. The monoisotopic (exact) mass is 265 g/mol. The minimum absolute atomic E-state index is 0.0272. The van der Waals surface area contributed by atoms with E-state index in [-0.39, 0.29) is 30.1 Å². The van der Waals surface area contributed by atoms with Crippen LogP contribution in [0, 0.1) is 5.41 Å². The number of likely N-dealkylation sites (tertiary alicyclic amines) is 1. The third-order valence-corrected chi connectivity index (χ3v) is 4.89. The Bertz CT molecular complexity index is 392. The average Bonchev–Trinajstić information content (AvgIpc) is 2.41. The number of amides is 2. The Kier molecular flexibility index (Phi) is 4.07. The number of rotatable bonds is 3. The van der Waals surface area contributed by atoms with Crippen LogP contribution in [0.2, 0.25) is 0 Å². The maximum Gasteiger partial charge on any atom is 0.243 e. The first-order chi connectivity index (χ1) is 9.06. The molecule has 1 heterocycles. The quantitative estimate of drug-likeness (QED) is 0.582. The molecule has 0 radical (unpaired) electrons. The van der Waals surface area contributed by atoms with E-state index in [2.05, 4.69) is 0 Å². The summed E-state index contributed by atoms with van der Waals surface area (Å²) in [5.74, 6) is -0.690. The SMILES string of the molecule is CCC1(CC)C(=O)CC(=O)N(C2CCCCC2)C1=O. The van der Waals surface area contributed by atoms with E-state index in [9.17, 15) is 14.4 Å². The zero-order valence-electron chi connectivity index (χ0n) is 11.9. The summed E-state index contributed by atoms with van der Waals surface area (Å²) in [4.78, 5) is 38.4. The molecule has 19 heavy (non-hydrogen) atoms. The van der Waals surface area contributed by atoms with Crippen LogP contribution in [-0.2, 0) is 14.4 Å². The molecule has 2 aliphatic rings. The lowest BCUT2D eigenvalue weighted by Crippen LogP contribution is -2.59. The smallest absolute Gasteiger partial charge is 0.243 e. The van der Waals surface area contributed by atoms with Gasteiger partial charge >= 0.3 is 0 Å². The molecule has 2 rings (SSSR count). The lowest BCUT2D eigenvalue weighted by molar-refractivity contribution is -0.166. The van der Waals surface area contributed by atoms with E-state index >= 15 is 0 Å². The summed E-state index contributed by atoms with van der Waals surface area (Å²) in [6.07, 6.45) is 6.02. The number of imide groups is 1. The first-order valence-corrected chi connectivity index (χ1v) is 7.46. The molecule has 0 bridgehead atoms. The van der Waals surface area contributed by atoms with Crippen LogP contribution in [0.15, 0.2) is 0 Å². The normalized spacial score (nSPS) is 24.9. The number of piperidine rings is 1. The maximum absolute atomic E-state index is 12.7. The fraction of sp³-hybridized carbons (Fsp3) is 0.800. The van der Waals surface area contributed by atoms with Gasteiger partial charge in [-0.15, -0.1) is 0 Å². The Morgan fingerprint density at radius 1 is 1.05 bits per heavy atom. The molecule has 0 spiro atoms. The Hall–Kier alpha value is -1.19. The van der Waals surface area contributed by atoms with Crippen molar-refractivity contribution < 1.29 is 14.4 Å². The van der Waals surface area contributed by atoms with E-state index in [0.29, 0.717) is 12.8 Å². The van der Waals surface area contributed by atoms with Gasteiger partial charge < -0.3 is 0 Å². The third-order valence-electron chi connectivity index (χ3n) is 4.89. The topological polar surface area (TPSA) is 54.5 Å². The predicted octanol–water partition coefficient (Wildman–Crippen LogP) is 2.45. The number of carbonyl (C=O) groups is 3. The van der Waals surface area contributed by atoms with Gasteiger partial charge in [-0.25, -0.2) is 0 Å². The van der Waals surface area contributed by atoms with Crippen molar-refractivity contribution in [3.8, 4) is 0 Å². The van der Waals surface area contributed by atoms with Crippen molar-refractivity contribution in [1.82, 2.24) is 4.90 Å².